The highest BCUT2D eigenvalue weighted by atomic mass is 16.3. The summed E-state index contributed by atoms with van der Waals surface area (Å²) in [5.74, 6) is 0. The van der Waals surface area contributed by atoms with E-state index in [4.69, 9.17) is 0 Å². The number of benzene rings is 3. The summed E-state index contributed by atoms with van der Waals surface area (Å²) in [6.07, 6.45) is 0. The molecule has 0 saturated heterocycles. The smallest absolute Gasteiger partial charge is 0.132 e. The van der Waals surface area contributed by atoms with Crippen LogP contribution in [0.15, 0.2) is 72.8 Å². The van der Waals surface area contributed by atoms with Gasteiger partial charge in [-0.05, 0) is 53.1 Å². The van der Waals surface area contributed by atoms with Crippen LogP contribution in [-0.4, -0.2) is 110 Å². The SMILES string of the molecule is N#CC(c1ccc(N(CCO)CCO)cc1)(c1ccc(N(CCO)CCO)cc1)c1ccc(N(CCO)CCO)cc1. The van der Waals surface area contributed by atoms with Gasteiger partial charge < -0.3 is 45.3 Å². The zero-order valence-corrected chi connectivity index (χ0v) is 23.9. The van der Waals surface area contributed by atoms with Crippen molar-refractivity contribution in [1.82, 2.24) is 0 Å². The maximum Gasteiger partial charge on any atom is 0.132 e. The number of nitriles is 1. The molecule has 42 heavy (non-hydrogen) atoms. The lowest BCUT2D eigenvalue weighted by Gasteiger charge is -2.31. The van der Waals surface area contributed by atoms with Crippen LogP contribution in [0.1, 0.15) is 16.7 Å². The monoisotopic (exact) mass is 578 g/mol. The van der Waals surface area contributed by atoms with Crippen LogP contribution in [0.4, 0.5) is 17.1 Å². The minimum absolute atomic E-state index is 0.0598. The molecule has 6 N–H and O–H groups in total. The molecule has 3 aromatic rings. The van der Waals surface area contributed by atoms with Crippen molar-refractivity contribution in [2.24, 2.45) is 0 Å². The fourth-order valence-corrected chi connectivity index (χ4v) is 5.29. The van der Waals surface area contributed by atoms with E-state index < -0.39 is 5.41 Å². The largest absolute Gasteiger partial charge is 0.395 e. The number of hydrogen-bond donors (Lipinski definition) is 6. The van der Waals surface area contributed by atoms with E-state index in [1.807, 2.05) is 87.5 Å². The molecule has 10 heteroatoms. The molecule has 226 valence electrons. The number of aliphatic hydroxyl groups excluding tert-OH is 6. The summed E-state index contributed by atoms with van der Waals surface area (Å²) >= 11 is 0. The van der Waals surface area contributed by atoms with Crippen LogP contribution >= 0.6 is 0 Å². The minimum Gasteiger partial charge on any atom is -0.395 e. The molecule has 0 spiro atoms. The Hall–Kier alpha value is -3.69. The van der Waals surface area contributed by atoms with Gasteiger partial charge in [-0.3, -0.25) is 0 Å². The Morgan fingerprint density at radius 1 is 0.429 bits per heavy atom. The zero-order valence-electron chi connectivity index (χ0n) is 23.9. The summed E-state index contributed by atoms with van der Waals surface area (Å²) in [6, 6.07) is 25.2. The molecule has 0 aromatic heterocycles. The predicted octanol–water partition coefficient (Wildman–Crippen LogP) is 0.918. The van der Waals surface area contributed by atoms with Crippen molar-refractivity contribution in [1.29, 1.82) is 5.26 Å². The number of nitrogens with zero attached hydrogens (tertiary/aromatic N) is 4. The van der Waals surface area contributed by atoms with Crippen molar-refractivity contribution in [3.05, 3.63) is 89.5 Å². The lowest BCUT2D eigenvalue weighted by Crippen LogP contribution is -2.31. The van der Waals surface area contributed by atoms with E-state index >= 15 is 0 Å². The average molecular weight is 579 g/mol. The first-order valence-electron chi connectivity index (χ1n) is 14.2. The maximum atomic E-state index is 10.9. The van der Waals surface area contributed by atoms with Crippen molar-refractivity contribution in [3.8, 4) is 6.07 Å². The van der Waals surface area contributed by atoms with E-state index in [0.717, 1.165) is 33.8 Å². The standard InChI is InChI=1S/C32H42N4O6/c33-25-32(26-1-7-29(8-2-26)34(13-19-37)14-20-38,27-3-9-30(10-4-27)35(15-21-39)16-22-40)28-5-11-31(12-6-28)36(17-23-41)18-24-42/h1-12,37-42H,13-24H2. The van der Waals surface area contributed by atoms with Crippen molar-refractivity contribution in [2.75, 3.05) is 93.6 Å². The van der Waals surface area contributed by atoms with Crippen LogP contribution < -0.4 is 14.7 Å². The highest BCUT2D eigenvalue weighted by molar-refractivity contribution is 5.63. The minimum atomic E-state index is -1.20. The molecule has 0 aliphatic carbocycles. The quantitative estimate of drug-likeness (QED) is 0.120. The van der Waals surface area contributed by atoms with Gasteiger partial charge in [0.05, 0.1) is 45.7 Å². The Balaban J connectivity index is 2.13. The van der Waals surface area contributed by atoms with E-state index in [0.29, 0.717) is 39.3 Å². The van der Waals surface area contributed by atoms with Gasteiger partial charge in [-0.1, -0.05) is 36.4 Å². The van der Waals surface area contributed by atoms with Crippen LogP contribution in [0.25, 0.3) is 0 Å². The molecule has 0 saturated carbocycles. The van der Waals surface area contributed by atoms with Gasteiger partial charge in [0.25, 0.3) is 0 Å². The Bertz CT molecular complexity index is 1070. The molecule has 10 nitrogen and oxygen atoms in total. The van der Waals surface area contributed by atoms with Gasteiger partial charge in [0, 0.05) is 56.3 Å². The molecule has 0 bridgehead atoms. The highest BCUT2D eigenvalue weighted by Crippen LogP contribution is 2.40. The normalized spacial score (nSPS) is 11.3. The number of anilines is 3. The van der Waals surface area contributed by atoms with Gasteiger partial charge in [-0.15, -0.1) is 0 Å². The van der Waals surface area contributed by atoms with Crippen LogP contribution in [-0.2, 0) is 5.41 Å². The first-order chi connectivity index (χ1) is 20.5. The van der Waals surface area contributed by atoms with Gasteiger partial charge >= 0.3 is 0 Å². The summed E-state index contributed by atoms with van der Waals surface area (Å²) in [7, 11) is 0. The molecule has 0 aliphatic rings. The van der Waals surface area contributed by atoms with Crippen molar-refractivity contribution < 1.29 is 30.6 Å². The molecule has 0 atom stereocenters. The van der Waals surface area contributed by atoms with E-state index in [9.17, 15) is 35.9 Å². The second-order valence-corrected chi connectivity index (χ2v) is 9.81. The van der Waals surface area contributed by atoms with Crippen molar-refractivity contribution in [2.45, 2.75) is 5.41 Å². The van der Waals surface area contributed by atoms with Gasteiger partial charge in [0.1, 0.15) is 5.41 Å². The highest BCUT2D eigenvalue weighted by Gasteiger charge is 2.37. The Kier molecular flexibility index (Phi) is 13.0. The second-order valence-electron chi connectivity index (χ2n) is 9.81. The third-order valence-corrected chi connectivity index (χ3v) is 7.38. The fraction of sp³-hybridized carbons (Fsp3) is 0.406. The van der Waals surface area contributed by atoms with E-state index in [1.165, 1.54) is 0 Å². The van der Waals surface area contributed by atoms with Gasteiger partial charge in [-0.25, -0.2) is 0 Å². The maximum absolute atomic E-state index is 10.9. The first kappa shape index (κ1) is 32.8. The van der Waals surface area contributed by atoms with E-state index in [-0.39, 0.29) is 39.6 Å². The molecule has 3 rings (SSSR count). The number of aliphatic hydroxyl groups is 6. The molecular weight excluding hydrogens is 536 g/mol. The molecule has 3 aromatic carbocycles. The van der Waals surface area contributed by atoms with Crippen LogP contribution in [0.2, 0.25) is 0 Å². The lowest BCUT2D eigenvalue weighted by molar-refractivity contribution is 0.280. The van der Waals surface area contributed by atoms with E-state index in [2.05, 4.69) is 6.07 Å². The Morgan fingerprint density at radius 2 is 0.643 bits per heavy atom. The van der Waals surface area contributed by atoms with E-state index in [1.54, 1.807) is 0 Å². The summed E-state index contributed by atoms with van der Waals surface area (Å²) in [5, 5.41) is 67.7. The summed E-state index contributed by atoms with van der Waals surface area (Å²) in [4.78, 5) is 5.61. The molecular formula is C32H42N4O6. The van der Waals surface area contributed by atoms with Gasteiger partial charge in [0.15, 0.2) is 0 Å². The molecule has 0 heterocycles. The second kappa shape index (κ2) is 16.7. The number of rotatable bonds is 18. The van der Waals surface area contributed by atoms with Crippen LogP contribution in [0, 0.1) is 11.3 Å². The van der Waals surface area contributed by atoms with Crippen LogP contribution in [0.3, 0.4) is 0 Å². The molecule has 0 unspecified atom stereocenters. The fourth-order valence-electron chi connectivity index (χ4n) is 5.29. The van der Waals surface area contributed by atoms with Gasteiger partial charge in [-0.2, -0.15) is 5.26 Å². The third kappa shape index (κ3) is 7.57. The van der Waals surface area contributed by atoms with Crippen LogP contribution in [0.5, 0.6) is 0 Å². The molecule has 0 radical (unpaired) electrons. The Morgan fingerprint density at radius 3 is 0.810 bits per heavy atom. The predicted molar refractivity (Wildman–Crippen MR) is 164 cm³/mol. The van der Waals surface area contributed by atoms with Crippen molar-refractivity contribution in [3.63, 3.8) is 0 Å². The summed E-state index contributed by atoms with van der Waals surface area (Å²) in [6.45, 7) is 1.82. The molecule has 0 fully saturated rings. The Labute approximate surface area is 247 Å². The van der Waals surface area contributed by atoms with Crippen molar-refractivity contribution >= 4 is 17.1 Å². The summed E-state index contributed by atoms with van der Waals surface area (Å²) in [5.41, 5.74) is 3.42. The third-order valence-electron chi connectivity index (χ3n) is 7.38. The lowest BCUT2D eigenvalue weighted by atomic mass is 9.70. The number of hydrogen-bond acceptors (Lipinski definition) is 10. The molecule has 0 amide bonds. The van der Waals surface area contributed by atoms with Gasteiger partial charge in [0.2, 0.25) is 0 Å². The average Bonchev–Trinajstić information content (AvgIpc) is 3.02. The zero-order chi connectivity index (χ0) is 30.4. The summed E-state index contributed by atoms with van der Waals surface area (Å²) < 4.78 is 0. The molecule has 0 aliphatic heterocycles. The topological polar surface area (TPSA) is 155 Å². The first-order valence-corrected chi connectivity index (χ1v) is 14.2.